The van der Waals surface area contributed by atoms with Crippen LogP contribution in [0.3, 0.4) is 0 Å². The van der Waals surface area contributed by atoms with E-state index in [9.17, 15) is 13.8 Å². The monoisotopic (exact) mass is 304 g/mol. The van der Waals surface area contributed by atoms with Gasteiger partial charge in [0.2, 0.25) is 0 Å². The van der Waals surface area contributed by atoms with E-state index in [2.05, 4.69) is 10.6 Å². The zero-order chi connectivity index (χ0) is 15.1. The Morgan fingerprint density at radius 2 is 1.90 bits per heavy atom. The maximum absolute atomic E-state index is 11.7. The quantitative estimate of drug-likeness (QED) is 0.684. The molecule has 0 bridgehead atoms. The van der Waals surface area contributed by atoms with Crippen LogP contribution in [0.25, 0.3) is 0 Å². The van der Waals surface area contributed by atoms with Crippen molar-refractivity contribution in [3.05, 3.63) is 0 Å². The molecule has 0 aliphatic heterocycles. The Bertz CT molecular complexity index is 367. The zero-order valence-electron chi connectivity index (χ0n) is 12.1. The second-order valence-electron chi connectivity index (χ2n) is 5.38. The van der Waals surface area contributed by atoms with Gasteiger partial charge in [0, 0.05) is 34.9 Å². The van der Waals surface area contributed by atoms with Gasteiger partial charge in [0.25, 0.3) is 0 Å². The SMILES string of the molecule is CC(CCNC(=O)NC1CCC(C(=O)O)CC1)S(C)=O. The Morgan fingerprint density at radius 3 is 2.40 bits per heavy atom. The molecule has 0 aromatic rings. The summed E-state index contributed by atoms with van der Waals surface area (Å²) in [6.07, 6.45) is 4.99. The van der Waals surface area contributed by atoms with Crippen LogP contribution in [0.1, 0.15) is 39.0 Å². The minimum absolute atomic E-state index is 0.0586. The normalized spacial score (nSPS) is 25.5. The highest BCUT2D eigenvalue weighted by Crippen LogP contribution is 2.24. The lowest BCUT2D eigenvalue weighted by Crippen LogP contribution is -2.44. The number of nitrogens with one attached hydrogen (secondary N) is 2. The molecule has 2 atom stereocenters. The maximum atomic E-state index is 11.7. The number of amides is 2. The topological polar surface area (TPSA) is 95.5 Å². The lowest BCUT2D eigenvalue weighted by molar-refractivity contribution is -0.142. The minimum Gasteiger partial charge on any atom is -0.481 e. The van der Waals surface area contributed by atoms with Crippen LogP contribution >= 0.6 is 0 Å². The fourth-order valence-electron chi connectivity index (χ4n) is 2.28. The first-order valence-electron chi connectivity index (χ1n) is 6.99. The van der Waals surface area contributed by atoms with Gasteiger partial charge in [-0.25, -0.2) is 4.79 Å². The van der Waals surface area contributed by atoms with Crippen LogP contribution < -0.4 is 10.6 Å². The highest BCUT2D eigenvalue weighted by Gasteiger charge is 2.26. The van der Waals surface area contributed by atoms with Gasteiger partial charge in [-0.3, -0.25) is 9.00 Å². The van der Waals surface area contributed by atoms with E-state index in [0.717, 1.165) is 0 Å². The molecule has 2 unspecified atom stereocenters. The van der Waals surface area contributed by atoms with Crippen molar-refractivity contribution in [1.82, 2.24) is 10.6 Å². The molecule has 0 radical (unpaired) electrons. The molecule has 20 heavy (non-hydrogen) atoms. The Labute approximate surface area is 122 Å². The average molecular weight is 304 g/mol. The van der Waals surface area contributed by atoms with Crippen LogP contribution in [-0.2, 0) is 15.6 Å². The van der Waals surface area contributed by atoms with Crippen molar-refractivity contribution in [3.8, 4) is 0 Å². The fourth-order valence-corrected chi connectivity index (χ4v) is 2.73. The van der Waals surface area contributed by atoms with Crippen LogP contribution in [0.5, 0.6) is 0 Å². The number of aliphatic carboxylic acids is 1. The molecule has 1 fully saturated rings. The molecule has 0 aromatic heterocycles. The van der Waals surface area contributed by atoms with Crippen molar-refractivity contribution in [1.29, 1.82) is 0 Å². The Kier molecular flexibility index (Phi) is 6.98. The van der Waals surface area contributed by atoms with Crippen molar-refractivity contribution in [3.63, 3.8) is 0 Å². The van der Waals surface area contributed by atoms with Crippen molar-refractivity contribution in [2.75, 3.05) is 12.8 Å². The number of carboxylic acids is 1. The molecule has 1 rings (SSSR count). The van der Waals surface area contributed by atoms with Gasteiger partial charge in [0.05, 0.1) is 5.92 Å². The summed E-state index contributed by atoms with van der Waals surface area (Å²) in [5, 5.41) is 14.6. The number of carbonyl (C=O) groups excluding carboxylic acids is 1. The van der Waals surface area contributed by atoms with Gasteiger partial charge in [-0.05, 0) is 32.1 Å². The zero-order valence-corrected chi connectivity index (χ0v) is 12.9. The molecular weight excluding hydrogens is 280 g/mol. The summed E-state index contributed by atoms with van der Waals surface area (Å²) in [5.74, 6) is -1.01. The van der Waals surface area contributed by atoms with E-state index >= 15 is 0 Å². The van der Waals surface area contributed by atoms with E-state index in [0.29, 0.717) is 38.6 Å². The van der Waals surface area contributed by atoms with Crippen LogP contribution in [0.4, 0.5) is 4.79 Å². The molecule has 0 saturated heterocycles. The second-order valence-corrected chi connectivity index (χ2v) is 7.19. The van der Waals surface area contributed by atoms with E-state index in [4.69, 9.17) is 5.11 Å². The predicted molar refractivity (Wildman–Crippen MR) is 78.1 cm³/mol. The van der Waals surface area contributed by atoms with Gasteiger partial charge in [0.1, 0.15) is 0 Å². The third-order valence-electron chi connectivity index (χ3n) is 3.81. The highest BCUT2D eigenvalue weighted by atomic mass is 32.2. The van der Waals surface area contributed by atoms with Gasteiger partial charge in [-0.15, -0.1) is 0 Å². The summed E-state index contributed by atoms with van der Waals surface area (Å²) < 4.78 is 11.2. The van der Waals surface area contributed by atoms with E-state index in [1.54, 1.807) is 6.26 Å². The van der Waals surface area contributed by atoms with E-state index in [1.165, 1.54) is 0 Å². The molecule has 1 aliphatic carbocycles. The average Bonchev–Trinajstić information content (AvgIpc) is 2.39. The Morgan fingerprint density at radius 1 is 1.30 bits per heavy atom. The number of urea groups is 1. The molecule has 0 heterocycles. The third kappa shape index (κ3) is 5.90. The molecule has 0 aromatic carbocycles. The first-order valence-corrected chi connectivity index (χ1v) is 8.61. The van der Waals surface area contributed by atoms with Crippen LogP contribution in [-0.4, -0.2) is 45.4 Å². The largest absolute Gasteiger partial charge is 0.481 e. The van der Waals surface area contributed by atoms with Crippen molar-refractivity contribution >= 4 is 22.8 Å². The van der Waals surface area contributed by atoms with Crippen molar-refractivity contribution < 1.29 is 18.9 Å². The highest BCUT2D eigenvalue weighted by molar-refractivity contribution is 7.84. The summed E-state index contributed by atoms with van der Waals surface area (Å²) in [4.78, 5) is 22.5. The van der Waals surface area contributed by atoms with Crippen molar-refractivity contribution in [2.45, 2.75) is 50.3 Å². The van der Waals surface area contributed by atoms with Crippen LogP contribution in [0.15, 0.2) is 0 Å². The third-order valence-corrected chi connectivity index (χ3v) is 5.18. The maximum Gasteiger partial charge on any atom is 0.315 e. The Hall–Kier alpha value is -1.11. The molecule has 1 saturated carbocycles. The lowest BCUT2D eigenvalue weighted by Gasteiger charge is -2.26. The minimum atomic E-state index is -0.867. The lowest BCUT2D eigenvalue weighted by atomic mass is 9.86. The molecule has 6 nitrogen and oxygen atoms in total. The smallest absolute Gasteiger partial charge is 0.315 e. The summed E-state index contributed by atoms with van der Waals surface area (Å²) in [6.45, 7) is 2.39. The molecule has 2 amide bonds. The summed E-state index contributed by atoms with van der Waals surface area (Å²) in [6, 6.07) is -0.166. The second kappa shape index (κ2) is 8.24. The summed E-state index contributed by atoms with van der Waals surface area (Å²) in [5.41, 5.74) is 0. The van der Waals surface area contributed by atoms with Gasteiger partial charge in [-0.1, -0.05) is 6.92 Å². The molecule has 1 aliphatic rings. The molecule has 116 valence electrons. The fraction of sp³-hybridized carbons (Fsp3) is 0.846. The first kappa shape index (κ1) is 16.9. The van der Waals surface area contributed by atoms with Gasteiger partial charge < -0.3 is 15.7 Å². The predicted octanol–water partition coefficient (Wildman–Crippen LogP) is 1.09. The number of hydrogen-bond acceptors (Lipinski definition) is 3. The molecule has 0 spiro atoms. The number of hydrogen-bond donors (Lipinski definition) is 3. The Balaban J connectivity index is 2.17. The number of carboxylic acid groups (broad SMARTS) is 1. The van der Waals surface area contributed by atoms with E-state index < -0.39 is 16.8 Å². The molecule has 7 heteroatoms. The molecule has 3 N–H and O–H groups in total. The van der Waals surface area contributed by atoms with Crippen LogP contribution in [0.2, 0.25) is 0 Å². The summed E-state index contributed by atoms with van der Waals surface area (Å²) >= 11 is 0. The van der Waals surface area contributed by atoms with Gasteiger partial charge >= 0.3 is 12.0 Å². The van der Waals surface area contributed by atoms with Crippen LogP contribution in [0, 0.1) is 5.92 Å². The standard InChI is InChI=1S/C13H24N2O4S/c1-9(20(2)19)7-8-14-13(18)15-11-5-3-10(4-6-11)12(16)17/h9-11H,3-8H2,1-2H3,(H,16,17)(H2,14,15,18). The summed E-state index contributed by atoms with van der Waals surface area (Å²) in [7, 11) is -0.867. The molecular formula is C13H24N2O4S. The number of carbonyl (C=O) groups is 2. The first-order chi connectivity index (χ1) is 9.40. The van der Waals surface area contributed by atoms with Crippen molar-refractivity contribution in [2.24, 2.45) is 5.92 Å². The van der Waals surface area contributed by atoms with E-state index in [1.807, 2.05) is 6.92 Å². The number of rotatable bonds is 6. The van der Waals surface area contributed by atoms with Gasteiger partial charge in [-0.2, -0.15) is 0 Å². The van der Waals surface area contributed by atoms with Gasteiger partial charge in [0.15, 0.2) is 0 Å². The van der Waals surface area contributed by atoms with E-state index in [-0.39, 0.29) is 23.2 Å².